The number of aromatic nitrogens is 2. The second-order valence-electron chi connectivity index (χ2n) is 2.84. The van der Waals surface area contributed by atoms with Gasteiger partial charge >= 0.3 is 0 Å². The number of nitrogens with zero attached hydrogens (tertiary/aromatic N) is 1. The molecule has 2 rings (SSSR count). The standard InChI is InChI=1S/C9H10N2O.CH2O2/c1-6-8-4-3-7(12-2)5-9(8)11-10-6;2-1-3/h3-5H,1-2H3,(H,10,11);1H,(H,2,3). The number of hydrogen-bond acceptors (Lipinski definition) is 3. The molecule has 0 unspecified atom stereocenters. The van der Waals surface area contributed by atoms with Gasteiger partial charge < -0.3 is 9.84 Å². The van der Waals surface area contributed by atoms with Crippen LogP contribution in [0.25, 0.3) is 10.9 Å². The van der Waals surface area contributed by atoms with Crippen molar-refractivity contribution in [3.05, 3.63) is 23.9 Å². The fourth-order valence-corrected chi connectivity index (χ4v) is 1.25. The van der Waals surface area contributed by atoms with Crippen LogP contribution in [-0.2, 0) is 4.79 Å². The first kappa shape index (κ1) is 11.0. The largest absolute Gasteiger partial charge is 0.497 e. The Hall–Kier alpha value is -2.04. The van der Waals surface area contributed by atoms with Gasteiger partial charge in [0, 0.05) is 17.1 Å². The van der Waals surface area contributed by atoms with Gasteiger partial charge in [0.1, 0.15) is 5.75 Å². The molecule has 0 amide bonds. The number of carboxylic acid groups (broad SMARTS) is 1. The number of nitrogens with one attached hydrogen (secondary N) is 1. The van der Waals surface area contributed by atoms with Gasteiger partial charge in [-0.15, -0.1) is 0 Å². The van der Waals surface area contributed by atoms with E-state index >= 15 is 0 Å². The topological polar surface area (TPSA) is 75.2 Å². The molecule has 80 valence electrons. The number of rotatable bonds is 1. The maximum atomic E-state index is 8.36. The van der Waals surface area contributed by atoms with Gasteiger partial charge in [0.25, 0.3) is 6.47 Å². The Kier molecular flexibility index (Phi) is 3.68. The number of hydrogen-bond donors (Lipinski definition) is 2. The first-order chi connectivity index (χ1) is 7.22. The summed E-state index contributed by atoms with van der Waals surface area (Å²) >= 11 is 0. The minimum absolute atomic E-state index is 0.250. The first-order valence-corrected chi connectivity index (χ1v) is 4.29. The maximum Gasteiger partial charge on any atom is 0.290 e. The van der Waals surface area contributed by atoms with E-state index in [0.29, 0.717) is 0 Å². The Morgan fingerprint density at radius 3 is 2.80 bits per heavy atom. The average Bonchev–Trinajstić information content (AvgIpc) is 2.61. The Labute approximate surface area is 86.7 Å². The molecule has 0 aliphatic heterocycles. The summed E-state index contributed by atoms with van der Waals surface area (Å²) in [6, 6.07) is 5.86. The van der Waals surface area contributed by atoms with E-state index in [1.807, 2.05) is 25.1 Å². The van der Waals surface area contributed by atoms with Crippen molar-refractivity contribution in [2.24, 2.45) is 0 Å². The van der Waals surface area contributed by atoms with Crippen molar-refractivity contribution >= 4 is 17.4 Å². The van der Waals surface area contributed by atoms with Crippen LogP contribution in [-0.4, -0.2) is 28.9 Å². The van der Waals surface area contributed by atoms with Gasteiger partial charge in [-0.2, -0.15) is 5.10 Å². The summed E-state index contributed by atoms with van der Waals surface area (Å²) < 4.78 is 5.08. The van der Waals surface area contributed by atoms with E-state index in [0.717, 1.165) is 22.3 Å². The SMILES string of the molecule is COc1ccc2c(C)[nH]nc2c1.O=CO. The maximum absolute atomic E-state index is 8.36. The molecule has 15 heavy (non-hydrogen) atoms. The molecule has 1 aromatic heterocycles. The number of aromatic amines is 1. The Morgan fingerprint density at radius 2 is 2.20 bits per heavy atom. The van der Waals surface area contributed by atoms with Crippen LogP contribution in [0.3, 0.4) is 0 Å². The highest BCUT2D eigenvalue weighted by molar-refractivity contribution is 5.82. The third-order valence-electron chi connectivity index (χ3n) is 1.95. The predicted molar refractivity (Wildman–Crippen MR) is 56.1 cm³/mol. The molecule has 2 aromatic rings. The van der Waals surface area contributed by atoms with Crippen molar-refractivity contribution in [2.45, 2.75) is 6.92 Å². The Bertz CT molecular complexity index is 451. The zero-order valence-corrected chi connectivity index (χ0v) is 8.52. The molecular formula is C10H12N2O3. The van der Waals surface area contributed by atoms with Crippen molar-refractivity contribution in [2.75, 3.05) is 7.11 Å². The van der Waals surface area contributed by atoms with Gasteiger partial charge in [0.15, 0.2) is 0 Å². The molecule has 0 atom stereocenters. The number of carbonyl (C=O) groups is 1. The van der Waals surface area contributed by atoms with Gasteiger partial charge in [-0.05, 0) is 19.1 Å². The molecule has 0 fully saturated rings. The Morgan fingerprint density at radius 1 is 1.53 bits per heavy atom. The van der Waals surface area contributed by atoms with Crippen LogP contribution in [0.1, 0.15) is 5.69 Å². The van der Waals surface area contributed by atoms with Crippen molar-refractivity contribution in [1.29, 1.82) is 0 Å². The average molecular weight is 208 g/mol. The zero-order valence-electron chi connectivity index (χ0n) is 8.52. The van der Waals surface area contributed by atoms with Crippen molar-refractivity contribution in [3.8, 4) is 5.75 Å². The van der Waals surface area contributed by atoms with Crippen LogP contribution in [0.15, 0.2) is 18.2 Å². The molecule has 5 nitrogen and oxygen atoms in total. The van der Waals surface area contributed by atoms with E-state index < -0.39 is 0 Å². The highest BCUT2D eigenvalue weighted by Gasteiger charge is 2.01. The number of fused-ring (bicyclic) bond motifs is 1. The molecule has 5 heteroatoms. The normalized spacial score (nSPS) is 9.20. The van der Waals surface area contributed by atoms with E-state index in [4.69, 9.17) is 14.6 Å². The Balaban J connectivity index is 0.000000337. The van der Waals surface area contributed by atoms with Crippen molar-refractivity contribution < 1.29 is 14.6 Å². The van der Waals surface area contributed by atoms with E-state index in [1.165, 1.54) is 0 Å². The second-order valence-corrected chi connectivity index (χ2v) is 2.84. The van der Waals surface area contributed by atoms with Gasteiger partial charge in [0.05, 0.1) is 12.6 Å². The summed E-state index contributed by atoms with van der Waals surface area (Å²) in [5.41, 5.74) is 2.04. The summed E-state index contributed by atoms with van der Waals surface area (Å²) in [6.45, 7) is 1.75. The van der Waals surface area contributed by atoms with Gasteiger partial charge in [-0.3, -0.25) is 9.89 Å². The lowest BCUT2D eigenvalue weighted by molar-refractivity contribution is -0.122. The van der Waals surface area contributed by atoms with Crippen LogP contribution in [0.5, 0.6) is 5.75 Å². The first-order valence-electron chi connectivity index (χ1n) is 4.29. The number of benzene rings is 1. The summed E-state index contributed by atoms with van der Waals surface area (Å²) in [6.07, 6.45) is 0. The molecule has 1 aromatic carbocycles. The fraction of sp³-hybridized carbons (Fsp3) is 0.200. The third-order valence-corrected chi connectivity index (χ3v) is 1.95. The molecule has 0 aliphatic rings. The summed E-state index contributed by atoms with van der Waals surface area (Å²) in [5, 5.41) is 15.1. The molecule has 0 spiro atoms. The van der Waals surface area contributed by atoms with Crippen molar-refractivity contribution in [3.63, 3.8) is 0 Å². The minimum Gasteiger partial charge on any atom is -0.497 e. The number of methoxy groups -OCH3 is 1. The predicted octanol–water partition coefficient (Wildman–Crippen LogP) is 1.58. The van der Waals surface area contributed by atoms with Crippen LogP contribution in [0, 0.1) is 6.92 Å². The quantitative estimate of drug-likeness (QED) is 0.697. The lowest BCUT2D eigenvalue weighted by Gasteiger charge is -1.97. The number of aryl methyl sites for hydroxylation is 1. The molecule has 0 bridgehead atoms. The molecule has 0 radical (unpaired) electrons. The number of ether oxygens (including phenoxy) is 1. The van der Waals surface area contributed by atoms with Gasteiger partial charge in [-0.1, -0.05) is 0 Å². The molecule has 0 saturated heterocycles. The number of H-pyrrole nitrogens is 1. The lowest BCUT2D eigenvalue weighted by Crippen LogP contribution is -1.81. The summed E-state index contributed by atoms with van der Waals surface area (Å²) in [5.74, 6) is 0.842. The minimum atomic E-state index is -0.250. The lowest BCUT2D eigenvalue weighted by atomic mass is 10.2. The molecule has 0 aliphatic carbocycles. The van der Waals surface area contributed by atoms with Crippen LogP contribution >= 0.6 is 0 Å². The van der Waals surface area contributed by atoms with E-state index in [2.05, 4.69) is 10.2 Å². The van der Waals surface area contributed by atoms with Crippen LogP contribution < -0.4 is 4.74 Å². The van der Waals surface area contributed by atoms with Gasteiger partial charge in [0.2, 0.25) is 0 Å². The van der Waals surface area contributed by atoms with Crippen molar-refractivity contribution in [1.82, 2.24) is 10.2 Å². The third kappa shape index (κ3) is 2.46. The smallest absolute Gasteiger partial charge is 0.290 e. The zero-order chi connectivity index (χ0) is 11.3. The molecule has 1 heterocycles. The van der Waals surface area contributed by atoms with E-state index in [1.54, 1.807) is 7.11 Å². The summed E-state index contributed by atoms with van der Waals surface area (Å²) in [4.78, 5) is 8.36. The highest BCUT2D eigenvalue weighted by Crippen LogP contribution is 2.20. The molecule has 0 saturated carbocycles. The van der Waals surface area contributed by atoms with E-state index in [-0.39, 0.29) is 6.47 Å². The molecular weight excluding hydrogens is 196 g/mol. The van der Waals surface area contributed by atoms with Crippen LogP contribution in [0.4, 0.5) is 0 Å². The summed E-state index contributed by atoms with van der Waals surface area (Å²) in [7, 11) is 1.65. The second kappa shape index (κ2) is 4.99. The van der Waals surface area contributed by atoms with E-state index in [9.17, 15) is 0 Å². The van der Waals surface area contributed by atoms with Crippen LogP contribution in [0.2, 0.25) is 0 Å². The highest BCUT2D eigenvalue weighted by atomic mass is 16.5. The monoisotopic (exact) mass is 208 g/mol. The fourth-order valence-electron chi connectivity index (χ4n) is 1.25. The van der Waals surface area contributed by atoms with Gasteiger partial charge in [-0.25, -0.2) is 0 Å². The molecule has 2 N–H and O–H groups in total.